The molecule has 0 spiro atoms. The Balaban J connectivity index is 1.89. The van der Waals surface area contributed by atoms with Gasteiger partial charge < -0.3 is 10.0 Å². The molecule has 3 nitrogen and oxygen atoms in total. The Morgan fingerprint density at radius 2 is 1.81 bits per heavy atom. The number of aliphatic hydroxyl groups is 1. The number of piperazine rings is 1. The van der Waals surface area contributed by atoms with E-state index in [2.05, 4.69) is 28.9 Å². The molecule has 0 radical (unpaired) electrons. The summed E-state index contributed by atoms with van der Waals surface area (Å²) in [7, 11) is 0. The summed E-state index contributed by atoms with van der Waals surface area (Å²) in [5.41, 5.74) is 2.87. The zero-order chi connectivity index (χ0) is 11.4. The predicted molar refractivity (Wildman–Crippen MR) is 66.2 cm³/mol. The number of hydrogen-bond acceptors (Lipinski definition) is 3. The minimum atomic E-state index is 0.279. The molecule has 2 rings (SSSR count). The van der Waals surface area contributed by atoms with E-state index >= 15 is 0 Å². The fraction of sp³-hybridized carbons (Fsp3) is 0.692. The molecule has 1 fully saturated rings. The Kier molecular flexibility index (Phi) is 4.02. The van der Waals surface area contributed by atoms with Crippen molar-refractivity contribution in [3.63, 3.8) is 0 Å². The van der Waals surface area contributed by atoms with Crippen LogP contribution in [0.25, 0.3) is 0 Å². The topological polar surface area (TPSA) is 26.7 Å². The van der Waals surface area contributed by atoms with Gasteiger partial charge in [0.25, 0.3) is 0 Å². The third-order valence-electron chi connectivity index (χ3n) is 3.49. The van der Waals surface area contributed by atoms with E-state index in [0.29, 0.717) is 0 Å². The first-order valence-corrected chi connectivity index (χ1v) is 6.26. The summed E-state index contributed by atoms with van der Waals surface area (Å²) in [6.45, 7) is 7.65. The summed E-state index contributed by atoms with van der Waals surface area (Å²) in [4.78, 5) is 4.82. The van der Waals surface area contributed by atoms with Crippen LogP contribution >= 0.6 is 0 Å². The molecule has 1 aliphatic carbocycles. The van der Waals surface area contributed by atoms with Gasteiger partial charge in [-0.2, -0.15) is 0 Å². The van der Waals surface area contributed by atoms with Crippen molar-refractivity contribution in [1.29, 1.82) is 0 Å². The smallest absolute Gasteiger partial charge is 0.0558 e. The second-order valence-corrected chi connectivity index (χ2v) is 4.61. The second kappa shape index (κ2) is 5.51. The van der Waals surface area contributed by atoms with Gasteiger partial charge in [0.05, 0.1) is 6.61 Å². The van der Waals surface area contributed by atoms with Crippen molar-refractivity contribution in [2.75, 3.05) is 39.3 Å². The number of β-amino-alcohol motifs (C(OH)–C–C–N with tert-alkyl or cyclic N) is 1. The SMILES string of the molecule is CC1=CCCC=C1N1CCN(CCO)CC1. The van der Waals surface area contributed by atoms with Gasteiger partial charge in [0.15, 0.2) is 0 Å². The lowest BCUT2D eigenvalue weighted by molar-refractivity contribution is 0.132. The van der Waals surface area contributed by atoms with E-state index in [9.17, 15) is 0 Å². The molecule has 0 saturated carbocycles. The Morgan fingerprint density at radius 3 is 2.44 bits per heavy atom. The quantitative estimate of drug-likeness (QED) is 0.778. The molecular formula is C13H22N2O. The fourth-order valence-electron chi connectivity index (χ4n) is 2.52. The second-order valence-electron chi connectivity index (χ2n) is 4.61. The first kappa shape index (κ1) is 11.7. The molecule has 1 saturated heterocycles. The van der Waals surface area contributed by atoms with E-state index in [-0.39, 0.29) is 6.61 Å². The molecule has 0 aromatic heterocycles. The molecule has 90 valence electrons. The van der Waals surface area contributed by atoms with Crippen molar-refractivity contribution in [3.05, 3.63) is 23.4 Å². The van der Waals surface area contributed by atoms with Gasteiger partial charge in [-0.1, -0.05) is 12.2 Å². The van der Waals surface area contributed by atoms with Crippen LogP contribution in [0.3, 0.4) is 0 Å². The van der Waals surface area contributed by atoms with E-state index in [1.54, 1.807) is 0 Å². The van der Waals surface area contributed by atoms with Crippen molar-refractivity contribution in [1.82, 2.24) is 9.80 Å². The van der Waals surface area contributed by atoms with Crippen molar-refractivity contribution in [2.45, 2.75) is 19.8 Å². The largest absolute Gasteiger partial charge is 0.395 e. The van der Waals surface area contributed by atoms with Crippen molar-refractivity contribution in [3.8, 4) is 0 Å². The maximum atomic E-state index is 8.90. The zero-order valence-corrected chi connectivity index (χ0v) is 10.2. The molecule has 16 heavy (non-hydrogen) atoms. The Labute approximate surface area is 98.0 Å². The van der Waals surface area contributed by atoms with Crippen LogP contribution in [0, 0.1) is 0 Å². The zero-order valence-electron chi connectivity index (χ0n) is 10.2. The van der Waals surface area contributed by atoms with Gasteiger partial charge in [-0.15, -0.1) is 0 Å². The summed E-state index contributed by atoms with van der Waals surface area (Å²) < 4.78 is 0. The highest BCUT2D eigenvalue weighted by atomic mass is 16.3. The first-order valence-electron chi connectivity index (χ1n) is 6.26. The molecule has 1 N–H and O–H groups in total. The highest BCUT2D eigenvalue weighted by Crippen LogP contribution is 2.22. The maximum absolute atomic E-state index is 8.90. The van der Waals surface area contributed by atoms with Gasteiger partial charge in [0.2, 0.25) is 0 Å². The molecule has 0 unspecified atom stereocenters. The third kappa shape index (κ3) is 2.66. The number of rotatable bonds is 3. The van der Waals surface area contributed by atoms with E-state index in [1.807, 2.05) is 0 Å². The van der Waals surface area contributed by atoms with E-state index in [0.717, 1.165) is 32.7 Å². The van der Waals surface area contributed by atoms with Gasteiger partial charge in [0, 0.05) is 38.4 Å². The number of aliphatic hydroxyl groups excluding tert-OH is 1. The van der Waals surface area contributed by atoms with Crippen LogP contribution in [0.15, 0.2) is 23.4 Å². The lowest BCUT2D eigenvalue weighted by Crippen LogP contribution is -2.46. The van der Waals surface area contributed by atoms with Crippen molar-refractivity contribution in [2.24, 2.45) is 0 Å². The third-order valence-corrected chi connectivity index (χ3v) is 3.49. The molecule has 0 aromatic rings. The Bertz CT molecular complexity index is 288. The van der Waals surface area contributed by atoms with Crippen LogP contribution in [-0.4, -0.2) is 54.2 Å². The summed E-state index contributed by atoms with van der Waals surface area (Å²) in [5.74, 6) is 0. The highest BCUT2D eigenvalue weighted by molar-refractivity contribution is 5.31. The lowest BCUT2D eigenvalue weighted by Gasteiger charge is -2.38. The highest BCUT2D eigenvalue weighted by Gasteiger charge is 2.19. The molecule has 3 heteroatoms. The summed E-state index contributed by atoms with van der Waals surface area (Å²) >= 11 is 0. The van der Waals surface area contributed by atoms with Gasteiger partial charge in [-0.25, -0.2) is 0 Å². The van der Waals surface area contributed by atoms with Crippen LogP contribution < -0.4 is 0 Å². The molecule has 0 atom stereocenters. The van der Waals surface area contributed by atoms with Crippen molar-refractivity contribution < 1.29 is 5.11 Å². The van der Waals surface area contributed by atoms with Crippen LogP contribution in [0.4, 0.5) is 0 Å². The van der Waals surface area contributed by atoms with Crippen LogP contribution in [0.5, 0.6) is 0 Å². The molecule has 0 bridgehead atoms. The summed E-state index contributed by atoms with van der Waals surface area (Å²) in [6.07, 6.45) is 7.09. The Hall–Kier alpha value is -0.800. The molecule has 1 aliphatic heterocycles. The van der Waals surface area contributed by atoms with Gasteiger partial charge >= 0.3 is 0 Å². The summed E-state index contributed by atoms with van der Waals surface area (Å²) in [5, 5.41) is 8.90. The average molecular weight is 222 g/mol. The van der Waals surface area contributed by atoms with Crippen LogP contribution in [0.2, 0.25) is 0 Å². The fourth-order valence-corrected chi connectivity index (χ4v) is 2.52. The van der Waals surface area contributed by atoms with Gasteiger partial charge in [-0.3, -0.25) is 4.90 Å². The Morgan fingerprint density at radius 1 is 1.12 bits per heavy atom. The van der Waals surface area contributed by atoms with Gasteiger partial charge in [0.1, 0.15) is 0 Å². The minimum absolute atomic E-state index is 0.279. The lowest BCUT2D eigenvalue weighted by atomic mass is 10.0. The van der Waals surface area contributed by atoms with E-state index in [4.69, 9.17) is 5.11 Å². The molecule has 0 amide bonds. The first-order chi connectivity index (χ1) is 7.81. The maximum Gasteiger partial charge on any atom is 0.0558 e. The van der Waals surface area contributed by atoms with E-state index < -0.39 is 0 Å². The number of allylic oxidation sites excluding steroid dienone is 3. The average Bonchev–Trinajstić information content (AvgIpc) is 2.31. The molecular weight excluding hydrogens is 200 g/mol. The number of hydrogen-bond donors (Lipinski definition) is 1. The number of nitrogens with zero attached hydrogens (tertiary/aromatic N) is 2. The molecule has 0 aromatic carbocycles. The van der Waals surface area contributed by atoms with E-state index in [1.165, 1.54) is 24.1 Å². The molecule has 1 heterocycles. The summed E-state index contributed by atoms with van der Waals surface area (Å²) in [6, 6.07) is 0. The normalized spacial score (nSPS) is 23.0. The standard InChI is InChI=1S/C13H22N2O/c1-12-4-2-3-5-13(12)15-8-6-14(7-9-15)10-11-16/h4-5,16H,2-3,6-11H2,1H3. The van der Waals surface area contributed by atoms with Gasteiger partial charge in [-0.05, 0) is 25.3 Å². The van der Waals surface area contributed by atoms with Crippen LogP contribution in [-0.2, 0) is 0 Å². The van der Waals surface area contributed by atoms with Crippen LogP contribution in [0.1, 0.15) is 19.8 Å². The monoisotopic (exact) mass is 222 g/mol. The molecule has 2 aliphatic rings. The minimum Gasteiger partial charge on any atom is -0.395 e. The predicted octanol–water partition coefficient (Wildman–Crippen LogP) is 1.22. The van der Waals surface area contributed by atoms with Crippen molar-refractivity contribution >= 4 is 0 Å².